The van der Waals surface area contributed by atoms with Crippen LogP contribution in [0.2, 0.25) is 0 Å². The summed E-state index contributed by atoms with van der Waals surface area (Å²) in [6.45, 7) is 2.08. The molecule has 104 valence electrons. The molecule has 18 heavy (non-hydrogen) atoms. The van der Waals surface area contributed by atoms with E-state index < -0.39 is 9.84 Å². The van der Waals surface area contributed by atoms with Crippen molar-refractivity contribution in [3.8, 4) is 0 Å². The molecule has 1 saturated carbocycles. The lowest BCUT2D eigenvalue weighted by atomic mass is 9.94. The van der Waals surface area contributed by atoms with Gasteiger partial charge in [-0.25, -0.2) is 8.42 Å². The van der Waals surface area contributed by atoms with Gasteiger partial charge in [-0.1, -0.05) is 6.92 Å². The van der Waals surface area contributed by atoms with E-state index in [-0.39, 0.29) is 35.8 Å². The van der Waals surface area contributed by atoms with Gasteiger partial charge in [0.05, 0.1) is 5.75 Å². The van der Waals surface area contributed by atoms with E-state index in [0.29, 0.717) is 12.8 Å². The zero-order valence-electron chi connectivity index (χ0n) is 11.2. The highest BCUT2D eigenvalue weighted by molar-refractivity contribution is 7.90. The minimum absolute atomic E-state index is 0.0195. The molecule has 0 aromatic heterocycles. The maximum Gasteiger partial charge on any atom is 0.222 e. The van der Waals surface area contributed by atoms with Crippen LogP contribution in [0.1, 0.15) is 26.2 Å². The Labute approximate surface area is 108 Å². The van der Waals surface area contributed by atoms with Crippen molar-refractivity contribution in [2.24, 2.45) is 11.8 Å². The maximum atomic E-state index is 11.9. The van der Waals surface area contributed by atoms with E-state index in [1.54, 1.807) is 7.05 Å². The lowest BCUT2D eigenvalue weighted by Gasteiger charge is -2.20. The van der Waals surface area contributed by atoms with E-state index in [2.05, 4.69) is 0 Å². The van der Waals surface area contributed by atoms with E-state index >= 15 is 0 Å². The molecule has 0 spiro atoms. The third kappa shape index (κ3) is 4.40. The lowest BCUT2D eigenvalue weighted by Crippen LogP contribution is -2.33. The van der Waals surface area contributed by atoms with Crippen molar-refractivity contribution >= 4 is 21.5 Å². The number of sulfone groups is 1. The van der Waals surface area contributed by atoms with Crippen LogP contribution in [0, 0.1) is 11.8 Å². The molecule has 0 aromatic carbocycles. The van der Waals surface area contributed by atoms with Gasteiger partial charge in [0.1, 0.15) is 15.6 Å². The largest absolute Gasteiger partial charge is 0.345 e. The predicted octanol–water partition coefficient (Wildman–Crippen LogP) is 0.495. The topological polar surface area (TPSA) is 71.5 Å². The Balaban J connectivity index is 2.43. The smallest absolute Gasteiger partial charge is 0.222 e. The Hall–Kier alpha value is -0.910. The van der Waals surface area contributed by atoms with Gasteiger partial charge in [0, 0.05) is 38.6 Å². The second kappa shape index (κ2) is 5.82. The number of hydrogen-bond donors (Lipinski definition) is 0. The highest BCUT2D eigenvalue weighted by atomic mass is 32.2. The molecule has 5 nitrogen and oxygen atoms in total. The van der Waals surface area contributed by atoms with E-state index in [0.717, 1.165) is 12.7 Å². The second-order valence-corrected chi connectivity index (χ2v) is 7.46. The van der Waals surface area contributed by atoms with Gasteiger partial charge in [-0.2, -0.15) is 0 Å². The van der Waals surface area contributed by atoms with Crippen LogP contribution in [0.15, 0.2) is 0 Å². The summed E-state index contributed by atoms with van der Waals surface area (Å²) in [7, 11) is -1.44. The Morgan fingerprint density at radius 2 is 2.06 bits per heavy atom. The lowest BCUT2D eigenvalue weighted by molar-refractivity contribution is -0.131. The van der Waals surface area contributed by atoms with Gasteiger partial charge < -0.3 is 4.90 Å². The molecule has 1 aliphatic rings. The van der Waals surface area contributed by atoms with Crippen LogP contribution in [0.5, 0.6) is 0 Å². The van der Waals surface area contributed by atoms with Crippen LogP contribution in [-0.2, 0) is 19.4 Å². The Kier molecular flexibility index (Phi) is 4.90. The molecule has 2 atom stereocenters. The molecule has 1 fully saturated rings. The fourth-order valence-corrected chi connectivity index (χ4v) is 2.76. The first-order chi connectivity index (χ1) is 8.20. The first-order valence-corrected chi connectivity index (χ1v) is 8.21. The van der Waals surface area contributed by atoms with Crippen molar-refractivity contribution < 1.29 is 18.0 Å². The average molecular weight is 275 g/mol. The van der Waals surface area contributed by atoms with Gasteiger partial charge in [-0.05, 0) is 12.3 Å². The molecular formula is C12H21NO4S. The van der Waals surface area contributed by atoms with E-state index in [1.165, 1.54) is 4.90 Å². The number of hydrogen-bond acceptors (Lipinski definition) is 4. The van der Waals surface area contributed by atoms with E-state index in [9.17, 15) is 18.0 Å². The molecule has 0 heterocycles. The third-order valence-electron chi connectivity index (χ3n) is 3.64. The van der Waals surface area contributed by atoms with E-state index in [4.69, 9.17) is 0 Å². The minimum Gasteiger partial charge on any atom is -0.345 e. The molecular weight excluding hydrogens is 254 g/mol. The van der Waals surface area contributed by atoms with Crippen LogP contribution < -0.4 is 0 Å². The summed E-state index contributed by atoms with van der Waals surface area (Å²) in [6, 6.07) is 0. The quantitative estimate of drug-likeness (QED) is 0.732. The third-order valence-corrected chi connectivity index (χ3v) is 4.56. The zero-order valence-corrected chi connectivity index (χ0v) is 12.0. The molecule has 0 bridgehead atoms. The minimum atomic E-state index is -3.05. The van der Waals surface area contributed by atoms with Crippen molar-refractivity contribution in [1.29, 1.82) is 0 Å². The number of carbonyl (C=O) groups is 2. The maximum absolute atomic E-state index is 11.9. The van der Waals surface area contributed by atoms with Crippen molar-refractivity contribution in [1.82, 2.24) is 4.90 Å². The molecule has 0 saturated heterocycles. The van der Waals surface area contributed by atoms with Crippen LogP contribution >= 0.6 is 0 Å². The SMILES string of the molecule is C[C@@H]1C(=O)CC[C@@H]1CC(=O)N(C)CCS(C)(=O)=O. The second-order valence-electron chi connectivity index (χ2n) is 5.20. The van der Waals surface area contributed by atoms with Crippen LogP contribution in [0.3, 0.4) is 0 Å². The van der Waals surface area contributed by atoms with Crippen molar-refractivity contribution in [2.45, 2.75) is 26.2 Å². The average Bonchev–Trinajstić information content (AvgIpc) is 2.56. The molecule has 6 heteroatoms. The first-order valence-electron chi connectivity index (χ1n) is 6.15. The number of amides is 1. The number of rotatable bonds is 5. The highest BCUT2D eigenvalue weighted by Crippen LogP contribution is 2.31. The van der Waals surface area contributed by atoms with Gasteiger partial charge >= 0.3 is 0 Å². The number of ketones is 1. The number of nitrogens with zero attached hydrogens (tertiary/aromatic N) is 1. The zero-order chi connectivity index (χ0) is 13.9. The Morgan fingerprint density at radius 3 is 2.50 bits per heavy atom. The predicted molar refractivity (Wildman–Crippen MR) is 68.9 cm³/mol. The Morgan fingerprint density at radius 1 is 1.44 bits per heavy atom. The van der Waals surface area contributed by atoms with Gasteiger partial charge in [0.25, 0.3) is 0 Å². The molecule has 0 unspecified atom stereocenters. The van der Waals surface area contributed by atoms with Crippen LogP contribution in [0.25, 0.3) is 0 Å². The fourth-order valence-electron chi connectivity index (χ4n) is 2.15. The number of Topliss-reactive ketones (excluding diaryl/α,β-unsaturated/α-hetero) is 1. The molecule has 0 N–H and O–H groups in total. The van der Waals surface area contributed by atoms with Gasteiger partial charge in [-0.3, -0.25) is 9.59 Å². The normalized spacial score (nSPS) is 24.3. The van der Waals surface area contributed by atoms with Crippen molar-refractivity contribution in [3.05, 3.63) is 0 Å². The summed E-state index contributed by atoms with van der Waals surface area (Å²) in [6.07, 6.45) is 2.83. The van der Waals surface area contributed by atoms with Gasteiger partial charge in [0.2, 0.25) is 5.91 Å². The van der Waals surface area contributed by atoms with E-state index in [1.807, 2.05) is 6.92 Å². The summed E-state index contributed by atoms with van der Waals surface area (Å²) in [5, 5.41) is 0. The summed E-state index contributed by atoms with van der Waals surface area (Å²) in [5.74, 6) is 0.203. The molecule has 1 rings (SSSR count). The first kappa shape index (κ1) is 15.1. The summed E-state index contributed by atoms with van der Waals surface area (Å²) in [5.41, 5.74) is 0. The van der Waals surface area contributed by atoms with Gasteiger partial charge in [0.15, 0.2) is 0 Å². The summed E-state index contributed by atoms with van der Waals surface area (Å²) in [4.78, 5) is 24.7. The molecule has 0 radical (unpaired) electrons. The van der Waals surface area contributed by atoms with Crippen LogP contribution in [-0.4, -0.2) is 50.6 Å². The monoisotopic (exact) mass is 275 g/mol. The number of carbonyl (C=O) groups excluding carboxylic acids is 2. The van der Waals surface area contributed by atoms with Crippen molar-refractivity contribution in [3.63, 3.8) is 0 Å². The summed E-state index contributed by atoms with van der Waals surface area (Å²) >= 11 is 0. The highest BCUT2D eigenvalue weighted by Gasteiger charge is 2.32. The standard InChI is InChI=1S/C12H21NO4S/c1-9-10(4-5-11(9)14)8-12(15)13(2)6-7-18(3,16)17/h9-10H,4-8H2,1-3H3/t9-,10+/m0/s1. The van der Waals surface area contributed by atoms with Crippen molar-refractivity contribution in [2.75, 3.05) is 25.6 Å². The molecule has 1 amide bonds. The summed E-state index contributed by atoms with van der Waals surface area (Å²) < 4.78 is 22.0. The molecule has 0 aliphatic heterocycles. The van der Waals surface area contributed by atoms with Crippen LogP contribution in [0.4, 0.5) is 0 Å². The fraction of sp³-hybridized carbons (Fsp3) is 0.833. The molecule has 1 aliphatic carbocycles. The molecule has 0 aromatic rings. The Bertz CT molecular complexity index is 429. The van der Waals surface area contributed by atoms with Gasteiger partial charge in [-0.15, -0.1) is 0 Å².